The number of hydrogen-bond donors (Lipinski definition) is 2. The van der Waals surface area contributed by atoms with Crippen molar-refractivity contribution in [2.75, 3.05) is 16.9 Å². The molecule has 31 heavy (non-hydrogen) atoms. The van der Waals surface area contributed by atoms with Crippen LogP contribution >= 0.6 is 0 Å². The molecule has 12 heteroatoms. The maximum absolute atomic E-state index is 13.3. The number of hydrazine groups is 1. The van der Waals surface area contributed by atoms with Gasteiger partial charge in [-0.15, -0.1) is 0 Å². The molecule has 0 spiro atoms. The Morgan fingerprint density at radius 2 is 1.87 bits per heavy atom. The van der Waals surface area contributed by atoms with Crippen LogP contribution in [0.3, 0.4) is 0 Å². The van der Waals surface area contributed by atoms with E-state index in [0.717, 1.165) is 23.2 Å². The average molecular weight is 430 g/mol. The van der Waals surface area contributed by atoms with Crippen molar-refractivity contribution in [1.82, 2.24) is 5.43 Å². The molecular formula is C19H15FN4O7. The molecule has 1 fully saturated rings. The minimum absolute atomic E-state index is 0.0354. The molecule has 11 nitrogen and oxygen atoms in total. The molecule has 0 saturated carbocycles. The smallest absolute Gasteiger partial charge is 0.338 e. The van der Waals surface area contributed by atoms with Gasteiger partial charge in [0, 0.05) is 24.6 Å². The number of benzene rings is 2. The summed E-state index contributed by atoms with van der Waals surface area (Å²) < 4.78 is 18.2. The predicted octanol–water partition coefficient (Wildman–Crippen LogP) is 1.69. The molecule has 0 unspecified atom stereocenters. The Bertz CT molecular complexity index is 1070. The van der Waals surface area contributed by atoms with Crippen LogP contribution in [0, 0.1) is 15.9 Å². The number of amides is 3. The first kappa shape index (κ1) is 21.4. The lowest BCUT2D eigenvalue weighted by molar-refractivity contribution is -0.387. The molecule has 0 atom stereocenters. The monoisotopic (exact) mass is 430 g/mol. The summed E-state index contributed by atoms with van der Waals surface area (Å²) in [5, 5.41) is 14.1. The van der Waals surface area contributed by atoms with Crippen molar-refractivity contribution >= 4 is 40.8 Å². The normalized spacial score (nSPS) is 13.4. The zero-order chi connectivity index (χ0) is 22.5. The van der Waals surface area contributed by atoms with Crippen LogP contribution in [0.15, 0.2) is 42.5 Å². The van der Waals surface area contributed by atoms with Crippen molar-refractivity contribution in [3.63, 3.8) is 0 Å². The van der Waals surface area contributed by atoms with Crippen molar-refractivity contribution < 1.29 is 33.2 Å². The van der Waals surface area contributed by atoms with Gasteiger partial charge in [0.2, 0.25) is 17.6 Å². The highest BCUT2D eigenvalue weighted by molar-refractivity contribution is 6.01. The van der Waals surface area contributed by atoms with Gasteiger partial charge in [-0.25, -0.2) is 9.80 Å². The van der Waals surface area contributed by atoms with E-state index in [1.807, 2.05) is 0 Å². The Morgan fingerprint density at radius 1 is 1.16 bits per heavy atom. The molecule has 3 rings (SSSR count). The van der Waals surface area contributed by atoms with Crippen LogP contribution in [0.25, 0.3) is 0 Å². The van der Waals surface area contributed by atoms with E-state index in [2.05, 4.69) is 10.7 Å². The van der Waals surface area contributed by atoms with Crippen LogP contribution < -0.4 is 15.8 Å². The Labute approximate surface area is 173 Å². The predicted molar refractivity (Wildman–Crippen MR) is 103 cm³/mol. The summed E-state index contributed by atoms with van der Waals surface area (Å²) in [6.07, 6.45) is 0.176. The van der Waals surface area contributed by atoms with Crippen molar-refractivity contribution in [3.8, 4) is 0 Å². The van der Waals surface area contributed by atoms with E-state index in [1.165, 1.54) is 24.3 Å². The van der Waals surface area contributed by atoms with Crippen molar-refractivity contribution in [1.29, 1.82) is 0 Å². The third kappa shape index (κ3) is 5.18. The number of rotatable bonds is 6. The van der Waals surface area contributed by atoms with E-state index < -0.39 is 34.9 Å². The number of nitro benzene ring substituents is 1. The Morgan fingerprint density at radius 3 is 2.55 bits per heavy atom. The second kappa shape index (κ2) is 8.98. The van der Waals surface area contributed by atoms with E-state index >= 15 is 0 Å². The van der Waals surface area contributed by atoms with Crippen LogP contribution in [0.1, 0.15) is 23.2 Å². The summed E-state index contributed by atoms with van der Waals surface area (Å²) in [6.45, 7) is -0.688. The van der Waals surface area contributed by atoms with Crippen LogP contribution in [-0.4, -0.2) is 35.2 Å². The van der Waals surface area contributed by atoms with Gasteiger partial charge in [0.25, 0.3) is 5.91 Å². The average Bonchev–Trinajstić information content (AvgIpc) is 2.75. The molecule has 2 aromatic carbocycles. The molecule has 0 bridgehead atoms. The van der Waals surface area contributed by atoms with Crippen LogP contribution in [-0.2, 0) is 19.1 Å². The second-order valence-corrected chi connectivity index (χ2v) is 6.36. The Balaban J connectivity index is 1.56. The van der Waals surface area contributed by atoms with E-state index in [0.29, 0.717) is 5.69 Å². The van der Waals surface area contributed by atoms with Crippen molar-refractivity contribution in [3.05, 3.63) is 64.0 Å². The van der Waals surface area contributed by atoms with Gasteiger partial charge in [-0.1, -0.05) is 0 Å². The standard InChI is InChI=1S/C19H15FN4O7/c20-14-6-3-12(9-15(14)24(29)30)21-17(26)10-31-19(28)11-1-4-13(5-2-11)23-18(27)8-7-16(25)22-23/h1-6,9H,7-8,10H2,(H,21,26)(H,22,25). The zero-order valence-corrected chi connectivity index (χ0v) is 15.8. The molecule has 160 valence electrons. The molecule has 1 heterocycles. The highest BCUT2D eigenvalue weighted by Gasteiger charge is 2.24. The lowest BCUT2D eigenvalue weighted by Crippen LogP contribution is -2.50. The minimum Gasteiger partial charge on any atom is -0.452 e. The molecule has 1 aliphatic rings. The quantitative estimate of drug-likeness (QED) is 0.402. The molecule has 0 aromatic heterocycles. The lowest BCUT2D eigenvalue weighted by Gasteiger charge is -2.27. The van der Waals surface area contributed by atoms with Gasteiger partial charge < -0.3 is 10.1 Å². The number of carbonyl (C=O) groups is 4. The number of nitro groups is 1. The highest BCUT2D eigenvalue weighted by Crippen LogP contribution is 2.22. The number of anilines is 2. The molecule has 2 aromatic rings. The SMILES string of the molecule is O=C(COC(=O)c1ccc(N2NC(=O)CCC2=O)cc1)Nc1ccc(F)c([N+](=O)[O-])c1. The van der Waals surface area contributed by atoms with Crippen LogP contribution in [0.4, 0.5) is 21.5 Å². The molecule has 0 aliphatic carbocycles. The van der Waals surface area contributed by atoms with Crippen molar-refractivity contribution in [2.45, 2.75) is 12.8 Å². The van der Waals surface area contributed by atoms with E-state index in [-0.39, 0.29) is 35.9 Å². The number of carbonyl (C=O) groups excluding carboxylic acids is 4. The van der Waals surface area contributed by atoms with E-state index in [4.69, 9.17) is 4.74 Å². The first-order valence-electron chi connectivity index (χ1n) is 8.88. The molecule has 1 aliphatic heterocycles. The molecule has 2 N–H and O–H groups in total. The summed E-state index contributed by atoms with van der Waals surface area (Å²) in [7, 11) is 0. The number of ether oxygens (including phenoxy) is 1. The van der Waals surface area contributed by atoms with E-state index in [9.17, 15) is 33.7 Å². The van der Waals surface area contributed by atoms with Gasteiger partial charge in [-0.3, -0.25) is 29.9 Å². The third-order valence-electron chi connectivity index (χ3n) is 4.17. The summed E-state index contributed by atoms with van der Waals surface area (Å²) in [4.78, 5) is 57.1. The van der Waals surface area contributed by atoms with E-state index in [1.54, 1.807) is 0 Å². The Kier molecular flexibility index (Phi) is 6.19. The number of halogens is 1. The van der Waals surface area contributed by atoms with Crippen molar-refractivity contribution in [2.24, 2.45) is 0 Å². The summed E-state index contributed by atoms with van der Waals surface area (Å²) in [5.41, 5.74) is 2.02. The maximum Gasteiger partial charge on any atom is 0.338 e. The fourth-order valence-corrected chi connectivity index (χ4v) is 2.67. The molecular weight excluding hydrogens is 415 g/mol. The summed E-state index contributed by atoms with van der Waals surface area (Å²) in [5.74, 6) is -3.27. The van der Waals surface area contributed by atoms with Gasteiger partial charge in [0.1, 0.15) is 0 Å². The summed E-state index contributed by atoms with van der Waals surface area (Å²) in [6, 6.07) is 8.36. The largest absolute Gasteiger partial charge is 0.452 e. The second-order valence-electron chi connectivity index (χ2n) is 6.36. The zero-order valence-electron chi connectivity index (χ0n) is 15.8. The third-order valence-corrected chi connectivity index (χ3v) is 4.17. The fourth-order valence-electron chi connectivity index (χ4n) is 2.67. The van der Waals surface area contributed by atoms with Gasteiger partial charge >= 0.3 is 11.7 Å². The molecule has 3 amide bonds. The van der Waals surface area contributed by atoms with Gasteiger partial charge in [0.15, 0.2) is 6.61 Å². The van der Waals surface area contributed by atoms with Crippen LogP contribution in [0.2, 0.25) is 0 Å². The number of nitrogens with zero attached hydrogens (tertiary/aromatic N) is 2. The topological polar surface area (TPSA) is 148 Å². The maximum atomic E-state index is 13.3. The molecule has 1 saturated heterocycles. The lowest BCUT2D eigenvalue weighted by atomic mass is 10.2. The first-order chi connectivity index (χ1) is 14.7. The van der Waals surface area contributed by atoms with Gasteiger partial charge in [-0.05, 0) is 36.4 Å². The number of hydrogen-bond acceptors (Lipinski definition) is 7. The van der Waals surface area contributed by atoms with Gasteiger partial charge in [-0.2, -0.15) is 4.39 Å². The highest BCUT2D eigenvalue weighted by atomic mass is 19.1. The van der Waals surface area contributed by atoms with Gasteiger partial charge in [0.05, 0.1) is 16.2 Å². The summed E-state index contributed by atoms with van der Waals surface area (Å²) >= 11 is 0. The molecule has 0 radical (unpaired) electrons. The van der Waals surface area contributed by atoms with Crippen LogP contribution in [0.5, 0.6) is 0 Å². The minimum atomic E-state index is -1.05. The number of esters is 1. The Hall–Kier alpha value is -4.35. The first-order valence-corrected chi connectivity index (χ1v) is 8.88. The fraction of sp³-hybridized carbons (Fsp3) is 0.158. The number of nitrogens with one attached hydrogen (secondary N) is 2.